The summed E-state index contributed by atoms with van der Waals surface area (Å²) >= 11 is 0. The van der Waals surface area contributed by atoms with Crippen LogP contribution in [0.1, 0.15) is 5.56 Å². The maximum absolute atomic E-state index is 4.23. The molecule has 0 aliphatic carbocycles. The molecule has 0 bridgehead atoms. The Morgan fingerprint density at radius 1 is 0.381 bits per heavy atom. The summed E-state index contributed by atoms with van der Waals surface area (Å²) in [6.07, 6.45) is 5.78. The topological polar surface area (TPSA) is 21.9 Å². The van der Waals surface area contributed by atoms with Gasteiger partial charge in [0.05, 0.1) is 22.1 Å². The molecule has 0 fully saturated rings. The molecule has 9 aromatic carbocycles. The van der Waals surface area contributed by atoms with E-state index >= 15 is 0 Å². The molecule has 0 aliphatic heterocycles. The Labute approximate surface area is 367 Å². The Morgan fingerprint density at radius 2 is 0.857 bits per heavy atom. The van der Waals surface area contributed by atoms with Crippen molar-refractivity contribution in [3.8, 4) is 44.8 Å². The third-order valence-corrected chi connectivity index (χ3v) is 12.2. The summed E-state index contributed by atoms with van der Waals surface area (Å²) in [5.74, 6) is 0. The van der Waals surface area contributed by atoms with Gasteiger partial charge in [-0.2, -0.15) is 0 Å². The fraction of sp³-hybridized carbons (Fsp3) is 0. The number of aromatic nitrogens is 2. The lowest BCUT2D eigenvalue weighted by molar-refractivity contribution is 1.18. The molecule has 0 radical (unpaired) electrons. The molecule has 0 aliphatic rings. The summed E-state index contributed by atoms with van der Waals surface area (Å²) in [5, 5.41) is 8.69. The molecule has 11 aromatic rings. The molecule has 2 aromatic heterocycles. The zero-order valence-electron chi connectivity index (χ0n) is 34.7. The Bertz CT molecular complexity index is 3550. The first-order valence-corrected chi connectivity index (χ1v) is 21.4. The molecule has 0 amide bonds. The minimum atomic E-state index is 0.981. The molecule has 63 heavy (non-hydrogen) atoms. The van der Waals surface area contributed by atoms with Crippen LogP contribution >= 0.6 is 0 Å². The molecule has 0 saturated carbocycles. The van der Waals surface area contributed by atoms with Crippen molar-refractivity contribution in [2.75, 3.05) is 5.32 Å². The molecule has 0 spiro atoms. The van der Waals surface area contributed by atoms with Crippen molar-refractivity contribution in [3.63, 3.8) is 0 Å². The number of nitrogens with zero attached hydrogens (tertiary/aromatic N) is 2. The van der Waals surface area contributed by atoms with Crippen LogP contribution in [0.2, 0.25) is 0 Å². The summed E-state index contributed by atoms with van der Waals surface area (Å²) in [6, 6.07) is 76.4. The van der Waals surface area contributed by atoms with Crippen LogP contribution in [-0.4, -0.2) is 9.13 Å². The molecule has 11 rings (SSSR count). The lowest BCUT2D eigenvalue weighted by atomic mass is 9.92. The Balaban J connectivity index is 1.00. The Kier molecular flexibility index (Phi) is 9.48. The largest absolute Gasteiger partial charge is 0.355 e. The van der Waals surface area contributed by atoms with Crippen molar-refractivity contribution >= 4 is 60.6 Å². The fourth-order valence-corrected chi connectivity index (χ4v) is 9.40. The predicted octanol–water partition coefficient (Wildman–Crippen LogP) is 16.4. The van der Waals surface area contributed by atoms with E-state index in [1.807, 2.05) is 18.2 Å². The van der Waals surface area contributed by atoms with Crippen LogP contribution < -0.4 is 5.32 Å². The van der Waals surface area contributed by atoms with Crippen LogP contribution in [0, 0.1) is 0 Å². The number of rotatable bonds is 10. The van der Waals surface area contributed by atoms with Crippen molar-refractivity contribution in [1.82, 2.24) is 9.13 Å². The second-order valence-corrected chi connectivity index (χ2v) is 15.9. The van der Waals surface area contributed by atoms with Gasteiger partial charge < -0.3 is 14.5 Å². The Hall–Kier alpha value is -8.40. The third kappa shape index (κ3) is 6.64. The van der Waals surface area contributed by atoms with E-state index in [0.717, 1.165) is 56.1 Å². The molecule has 1 N–H and O–H groups in total. The summed E-state index contributed by atoms with van der Waals surface area (Å²) < 4.78 is 4.72. The zero-order chi connectivity index (χ0) is 42.3. The molecule has 298 valence electrons. The van der Waals surface area contributed by atoms with Crippen molar-refractivity contribution in [3.05, 3.63) is 249 Å². The van der Waals surface area contributed by atoms with Gasteiger partial charge in [-0.1, -0.05) is 159 Å². The SMILES string of the molecule is C=C/C=C(\C=C)c1cc(Nc2ccc(-c3ccc4c(c3)c3ccccc3n4-c3ccccc3)c(-c3ccccc3)c2)ccc1-c1ccc2c(c1)c1ccccc1n2-c1ccccc1. The highest BCUT2D eigenvalue weighted by Crippen LogP contribution is 2.41. The zero-order valence-corrected chi connectivity index (χ0v) is 34.7. The minimum Gasteiger partial charge on any atom is -0.355 e. The van der Waals surface area contributed by atoms with E-state index in [2.05, 4.69) is 240 Å². The minimum absolute atomic E-state index is 0.981. The van der Waals surface area contributed by atoms with Gasteiger partial charge in [0.25, 0.3) is 0 Å². The van der Waals surface area contributed by atoms with Crippen molar-refractivity contribution in [1.29, 1.82) is 0 Å². The summed E-state index contributed by atoms with van der Waals surface area (Å²) in [6.45, 7) is 8.27. The van der Waals surface area contributed by atoms with E-state index in [9.17, 15) is 0 Å². The molecule has 3 heteroatoms. The van der Waals surface area contributed by atoms with Crippen LogP contribution in [-0.2, 0) is 0 Å². The van der Waals surface area contributed by atoms with Gasteiger partial charge in [-0.05, 0) is 129 Å². The maximum Gasteiger partial charge on any atom is 0.0541 e. The maximum atomic E-state index is 4.23. The van der Waals surface area contributed by atoms with E-state index in [4.69, 9.17) is 0 Å². The number of hydrogen-bond acceptors (Lipinski definition) is 1. The molecule has 2 heterocycles. The average Bonchev–Trinajstić information content (AvgIpc) is 3.86. The fourth-order valence-electron chi connectivity index (χ4n) is 9.40. The van der Waals surface area contributed by atoms with Gasteiger partial charge in [0.1, 0.15) is 0 Å². The molecular weight excluding hydrogens is 763 g/mol. The number of anilines is 2. The highest BCUT2D eigenvalue weighted by Gasteiger charge is 2.18. The molecular formula is C60H43N3. The van der Waals surface area contributed by atoms with Crippen molar-refractivity contribution in [2.45, 2.75) is 0 Å². The molecule has 0 saturated heterocycles. The summed E-state index contributed by atoms with van der Waals surface area (Å²) in [5.41, 5.74) is 18.0. The number of fused-ring (bicyclic) bond motifs is 6. The van der Waals surface area contributed by atoms with Crippen LogP contribution in [0.25, 0.3) is 93.9 Å². The lowest BCUT2D eigenvalue weighted by Crippen LogP contribution is -1.96. The van der Waals surface area contributed by atoms with Gasteiger partial charge in [-0.15, -0.1) is 0 Å². The second-order valence-electron chi connectivity index (χ2n) is 15.9. The van der Waals surface area contributed by atoms with Gasteiger partial charge in [0.15, 0.2) is 0 Å². The van der Waals surface area contributed by atoms with E-state index in [0.29, 0.717) is 0 Å². The van der Waals surface area contributed by atoms with E-state index in [1.165, 1.54) is 54.7 Å². The van der Waals surface area contributed by atoms with Gasteiger partial charge >= 0.3 is 0 Å². The normalized spacial score (nSPS) is 11.7. The number of benzene rings is 9. The van der Waals surface area contributed by atoms with E-state index < -0.39 is 0 Å². The molecule has 0 unspecified atom stereocenters. The van der Waals surface area contributed by atoms with Gasteiger partial charge in [0, 0.05) is 44.3 Å². The van der Waals surface area contributed by atoms with Crippen LogP contribution in [0.5, 0.6) is 0 Å². The number of allylic oxidation sites excluding steroid dienone is 4. The monoisotopic (exact) mass is 805 g/mol. The highest BCUT2D eigenvalue weighted by atomic mass is 15.0. The van der Waals surface area contributed by atoms with Crippen LogP contribution in [0.4, 0.5) is 11.4 Å². The quantitative estimate of drug-likeness (QED) is 0.137. The number of hydrogen-bond donors (Lipinski definition) is 1. The Morgan fingerprint density at radius 3 is 1.41 bits per heavy atom. The van der Waals surface area contributed by atoms with Crippen molar-refractivity contribution < 1.29 is 0 Å². The smallest absolute Gasteiger partial charge is 0.0541 e. The van der Waals surface area contributed by atoms with E-state index in [-0.39, 0.29) is 0 Å². The first-order chi connectivity index (χ1) is 31.2. The second kappa shape index (κ2) is 15.9. The average molecular weight is 806 g/mol. The van der Waals surface area contributed by atoms with Gasteiger partial charge in [-0.3, -0.25) is 0 Å². The third-order valence-electron chi connectivity index (χ3n) is 12.2. The summed E-state index contributed by atoms with van der Waals surface area (Å²) in [4.78, 5) is 0. The first-order valence-electron chi connectivity index (χ1n) is 21.4. The van der Waals surface area contributed by atoms with Gasteiger partial charge in [-0.25, -0.2) is 0 Å². The molecule has 3 nitrogen and oxygen atoms in total. The van der Waals surface area contributed by atoms with Crippen LogP contribution in [0.3, 0.4) is 0 Å². The van der Waals surface area contributed by atoms with E-state index in [1.54, 1.807) is 0 Å². The summed E-state index contributed by atoms with van der Waals surface area (Å²) in [7, 11) is 0. The highest BCUT2D eigenvalue weighted by molar-refractivity contribution is 6.12. The van der Waals surface area contributed by atoms with Crippen LogP contribution in [0.15, 0.2) is 244 Å². The standard InChI is InChI=1S/C60H43N3/c1-3-18-41(4-2)53-39-45(31-33-49(53)43-29-35-59-55(37-43)51-25-14-16-27-57(51)62(59)47-21-10-6-11-22-47)61-46-32-34-50(54(40-46)42-19-8-5-9-20-42)44-30-36-60-56(38-44)52-26-15-17-28-58(52)63(60)48-23-12-7-13-24-48/h3-40,61H,1-2H2/b41-18+. The van der Waals surface area contributed by atoms with Gasteiger partial charge in [0.2, 0.25) is 0 Å². The number of para-hydroxylation sites is 4. The molecule has 0 atom stereocenters. The predicted molar refractivity (Wildman–Crippen MR) is 270 cm³/mol. The van der Waals surface area contributed by atoms with Crippen molar-refractivity contribution in [2.24, 2.45) is 0 Å². The number of nitrogens with one attached hydrogen (secondary N) is 1. The lowest BCUT2D eigenvalue weighted by Gasteiger charge is -2.17. The first kappa shape index (κ1) is 37.6.